The van der Waals surface area contributed by atoms with E-state index in [1.165, 1.54) is 7.11 Å². The molecule has 0 spiro atoms. The topological polar surface area (TPSA) is 38.3 Å². The molecule has 0 aliphatic heterocycles. The number of ketones is 1. The van der Waals surface area contributed by atoms with Crippen LogP contribution < -0.4 is 5.32 Å². The molecule has 2 aromatic rings. The van der Waals surface area contributed by atoms with E-state index in [9.17, 15) is 4.79 Å². The summed E-state index contributed by atoms with van der Waals surface area (Å²) in [6.45, 7) is 0. The van der Waals surface area contributed by atoms with E-state index in [0.29, 0.717) is 21.3 Å². The number of anilines is 1. The molecule has 20 heavy (non-hydrogen) atoms. The smallest absolute Gasteiger partial charge is 0.211 e. The molecule has 0 saturated carbocycles. The molecule has 0 bridgehead atoms. The van der Waals surface area contributed by atoms with Crippen molar-refractivity contribution in [2.75, 3.05) is 12.4 Å². The van der Waals surface area contributed by atoms with Crippen LogP contribution in [0.3, 0.4) is 0 Å². The van der Waals surface area contributed by atoms with Crippen LogP contribution in [0.15, 0.2) is 48.5 Å². The van der Waals surface area contributed by atoms with Gasteiger partial charge in [-0.15, -0.1) is 0 Å². The van der Waals surface area contributed by atoms with Gasteiger partial charge >= 0.3 is 0 Å². The number of hydrogen-bond donors (Lipinski definition) is 1. The summed E-state index contributed by atoms with van der Waals surface area (Å²) >= 11 is 11.8. The van der Waals surface area contributed by atoms with E-state index in [1.807, 2.05) is 6.07 Å². The molecule has 2 rings (SSSR count). The maximum atomic E-state index is 12.3. The predicted octanol–water partition coefficient (Wildman–Crippen LogP) is 4.26. The molecular formula is C15H13Cl2NO2. The van der Waals surface area contributed by atoms with E-state index in [4.69, 9.17) is 27.9 Å². The molecule has 1 atom stereocenters. The van der Waals surface area contributed by atoms with Crippen LogP contribution >= 0.6 is 23.2 Å². The van der Waals surface area contributed by atoms with Crippen LogP contribution in [-0.4, -0.2) is 19.1 Å². The van der Waals surface area contributed by atoms with Gasteiger partial charge in [0.2, 0.25) is 5.78 Å². The molecule has 0 aliphatic carbocycles. The Bertz CT molecular complexity index is 602. The molecule has 0 radical (unpaired) electrons. The second-order valence-electron chi connectivity index (χ2n) is 4.12. The lowest BCUT2D eigenvalue weighted by Gasteiger charge is -2.17. The summed E-state index contributed by atoms with van der Waals surface area (Å²) in [6, 6.07) is 14.0. The molecule has 5 heteroatoms. The van der Waals surface area contributed by atoms with Crippen molar-refractivity contribution >= 4 is 34.7 Å². The second-order valence-corrected chi connectivity index (χ2v) is 4.93. The zero-order valence-electron chi connectivity index (χ0n) is 10.8. The van der Waals surface area contributed by atoms with Gasteiger partial charge in [-0.2, -0.15) is 0 Å². The van der Waals surface area contributed by atoms with Gasteiger partial charge in [-0.25, -0.2) is 0 Å². The molecule has 0 aliphatic rings. The first-order valence-electron chi connectivity index (χ1n) is 5.95. The number of benzene rings is 2. The fourth-order valence-corrected chi connectivity index (χ4v) is 2.02. The van der Waals surface area contributed by atoms with E-state index in [2.05, 4.69) is 5.32 Å². The van der Waals surface area contributed by atoms with Crippen molar-refractivity contribution in [1.29, 1.82) is 0 Å². The van der Waals surface area contributed by atoms with E-state index in [-0.39, 0.29) is 5.78 Å². The van der Waals surface area contributed by atoms with Crippen LogP contribution in [0.25, 0.3) is 0 Å². The van der Waals surface area contributed by atoms with Crippen LogP contribution in [0, 0.1) is 0 Å². The monoisotopic (exact) mass is 309 g/mol. The Labute approximate surface area is 127 Å². The van der Waals surface area contributed by atoms with Gasteiger partial charge in [0.05, 0.1) is 10.0 Å². The molecule has 0 amide bonds. The molecule has 104 valence electrons. The lowest BCUT2D eigenvalue weighted by Crippen LogP contribution is -2.31. The number of hydrogen-bond acceptors (Lipinski definition) is 3. The minimum Gasteiger partial charge on any atom is -0.354 e. The Morgan fingerprint density at radius 1 is 1.10 bits per heavy atom. The highest BCUT2D eigenvalue weighted by molar-refractivity contribution is 6.42. The van der Waals surface area contributed by atoms with E-state index in [1.54, 1.807) is 42.5 Å². The van der Waals surface area contributed by atoms with Gasteiger partial charge < -0.3 is 10.1 Å². The van der Waals surface area contributed by atoms with Crippen LogP contribution in [0.1, 0.15) is 10.4 Å². The quantitative estimate of drug-likeness (QED) is 0.662. The van der Waals surface area contributed by atoms with Crippen molar-refractivity contribution in [1.82, 2.24) is 0 Å². The highest BCUT2D eigenvalue weighted by Crippen LogP contribution is 2.25. The molecular weight excluding hydrogens is 297 g/mol. The molecule has 0 aromatic heterocycles. The summed E-state index contributed by atoms with van der Waals surface area (Å²) in [4.78, 5) is 12.3. The minimum absolute atomic E-state index is 0.154. The zero-order valence-corrected chi connectivity index (χ0v) is 12.3. The first-order chi connectivity index (χ1) is 9.61. The van der Waals surface area contributed by atoms with Gasteiger partial charge in [0, 0.05) is 18.4 Å². The Balaban J connectivity index is 2.16. The first-order valence-corrected chi connectivity index (χ1v) is 6.71. The number of halogens is 2. The summed E-state index contributed by atoms with van der Waals surface area (Å²) in [5, 5.41) is 3.85. The third-order valence-electron chi connectivity index (χ3n) is 2.75. The Morgan fingerprint density at radius 2 is 1.80 bits per heavy atom. The molecule has 2 aromatic carbocycles. The fraction of sp³-hybridized carbons (Fsp3) is 0.133. The minimum atomic E-state index is -0.783. The van der Waals surface area contributed by atoms with Crippen LogP contribution in [0.2, 0.25) is 10.0 Å². The van der Waals surface area contributed by atoms with Crippen molar-refractivity contribution in [3.8, 4) is 0 Å². The van der Waals surface area contributed by atoms with Gasteiger partial charge in [-0.3, -0.25) is 4.79 Å². The third-order valence-corrected chi connectivity index (χ3v) is 3.49. The Kier molecular flexibility index (Phi) is 5.01. The van der Waals surface area contributed by atoms with Crippen molar-refractivity contribution in [2.45, 2.75) is 6.23 Å². The number of methoxy groups -OCH3 is 1. The average Bonchev–Trinajstić information content (AvgIpc) is 2.48. The fourth-order valence-electron chi connectivity index (χ4n) is 1.72. The van der Waals surface area contributed by atoms with Crippen LogP contribution in [-0.2, 0) is 4.74 Å². The number of Topliss-reactive ketones (excluding diaryl/α,β-unsaturated/α-hetero) is 1. The van der Waals surface area contributed by atoms with Gasteiger partial charge in [-0.1, -0.05) is 53.5 Å². The van der Waals surface area contributed by atoms with Gasteiger partial charge in [0.1, 0.15) is 0 Å². The highest BCUT2D eigenvalue weighted by atomic mass is 35.5. The SMILES string of the molecule is COC(Nc1ccc(Cl)c(Cl)c1)C(=O)c1ccccc1. The van der Waals surface area contributed by atoms with Crippen LogP contribution in [0.4, 0.5) is 5.69 Å². The van der Waals surface area contributed by atoms with Gasteiger partial charge in [0.15, 0.2) is 6.23 Å². The molecule has 0 fully saturated rings. The molecule has 3 nitrogen and oxygen atoms in total. The van der Waals surface area contributed by atoms with E-state index >= 15 is 0 Å². The Hall–Kier alpha value is -1.55. The standard InChI is InChI=1S/C15H13Cl2NO2/c1-20-15(14(19)10-5-3-2-4-6-10)18-11-7-8-12(16)13(17)9-11/h2-9,15,18H,1H3. The largest absolute Gasteiger partial charge is 0.354 e. The summed E-state index contributed by atoms with van der Waals surface area (Å²) in [6.07, 6.45) is -0.783. The molecule has 1 unspecified atom stereocenters. The zero-order chi connectivity index (χ0) is 14.5. The third kappa shape index (κ3) is 3.51. The number of carbonyl (C=O) groups excluding carboxylic acids is 1. The van der Waals surface area contributed by atoms with Crippen LogP contribution in [0.5, 0.6) is 0 Å². The highest BCUT2D eigenvalue weighted by Gasteiger charge is 2.19. The van der Waals surface area contributed by atoms with E-state index in [0.717, 1.165) is 0 Å². The maximum Gasteiger partial charge on any atom is 0.211 e. The lowest BCUT2D eigenvalue weighted by molar-refractivity contribution is 0.0677. The summed E-state index contributed by atoms with van der Waals surface area (Å²) in [5.74, 6) is -0.154. The van der Waals surface area contributed by atoms with Crippen molar-refractivity contribution in [3.63, 3.8) is 0 Å². The number of nitrogens with one attached hydrogen (secondary N) is 1. The maximum absolute atomic E-state index is 12.3. The second kappa shape index (κ2) is 6.75. The summed E-state index contributed by atoms with van der Waals surface area (Å²) in [5.41, 5.74) is 1.24. The Morgan fingerprint density at radius 3 is 2.40 bits per heavy atom. The number of ether oxygens (including phenoxy) is 1. The molecule has 1 N–H and O–H groups in total. The van der Waals surface area contributed by atoms with Gasteiger partial charge in [0.25, 0.3) is 0 Å². The average molecular weight is 310 g/mol. The number of carbonyl (C=O) groups is 1. The van der Waals surface area contributed by atoms with E-state index < -0.39 is 6.23 Å². The van der Waals surface area contributed by atoms with Crippen molar-refractivity contribution in [2.24, 2.45) is 0 Å². The number of rotatable bonds is 5. The molecule has 0 heterocycles. The summed E-state index contributed by atoms with van der Waals surface area (Å²) in [7, 11) is 1.47. The predicted molar refractivity (Wildman–Crippen MR) is 81.7 cm³/mol. The summed E-state index contributed by atoms with van der Waals surface area (Å²) < 4.78 is 5.20. The van der Waals surface area contributed by atoms with Gasteiger partial charge in [-0.05, 0) is 18.2 Å². The molecule has 0 saturated heterocycles. The first kappa shape index (κ1) is 14.9. The van der Waals surface area contributed by atoms with Crippen molar-refractivity contribution in [3.05, 3.63) is 64.1 Å². The lowest BCUT2D eigenvalue weighted by atomic mass is 10.1. The normalized spacial score (nSPS) is 11.9. The van der Waals surface area contributed by atoms with Crippen molar-refractivity contribution < 1.29 is 9.53 Å².